The fraction of sp³-hybridized carbons (Fsp3) is 0.154. The molecule has 0 bridgehead atoms. The molecule has 0 saturated heterocycles. The van der Waals surface area contributed by atoms with Gasteiger partial charge in [-0.15, -0.1) is 0 Å². The molecule has 94 valence electrons. The average molecular weight is 252 g/mol. The van der Waals surface area contributed by atoms with E-state index in [2.05, 4.69) is 10.3 Å². The highest BCUT2D eigenvalue weighted by atomic mass is 19.2. The van der Waals surface area contributed by atoms with Gasteiger partial charge in [0.05, 0.1) is 5.69 Å². The molecule has 0 amide bonds. The first kappa shape index (κ1) is 12.4. The van der Waals surface area contributed by atoms with Crippen LogP contribution in [0.2, 0.25) is 0 Å². The number of nitrogens with zero attached hydrogens (tertiary/aromatic N) is 1. The van der Waals surface area contributed by atoms with Crippen LogP contribution < -0.4 is 5.32 Å². The third-order valence-electron chi connectivity index (χ3n) is 2.43. The van der Waals surface area contributed by atoms with Crippen molar-refractivity contribution in [3.05, 3.63) is 47.9 Å². The zero-order valence-corrected chi connectivity index (χ0v) is 9.67. The number of pyridine rings is 1. The molecule has 1 heterocycles. The fourth-order valence-electron chi connectivity index (χ4n) is 1.61. The van der Waals surface area contributed by atoms with E-state index in [-0.39, 0.29) is 11.3 Å². The molecule has 2 aromatic rings. The van der Waals surface area contributed by atoms with Crippen molar-refractivity contribution in [1.29, 1.82) is 0 Å². The molecular formula is C13H11F3N2. The minimum absolute atomic E-state index is 0.0614. The average Bonchev–Trinajstić information content (AvgIpc) is 2.34. The number of benzene rings is 1. The van der Waals surface area contributed by atoms with Gasteiger partial charge in [-0.3, -0.25) is 4.98 Å². The maximum Gasteiger partial charge on any atom is 0.161 e. The van der Waals surface area contributed by atoms with Gasteiger partial charge in [0, 0.05) is 30.1 Å². The smallest absolute Gasteiger partial charge is 0.161 e. The highest BCUT2D eigenvalue weighted by Crippen LogP contribution is 2.25. The van der Waals surface area contributed by atoms with E-state index in [1.165, 1.54) is 6.20 Å². The van der Waals surface area contributed by atoms with Crippen LogP contribution in [0.15, 0.2) is 30.5 Å². The Labute approximate surface area is 102 Å². The molecule has 0 aliphatic carbocycles. The number of hydrogen-bond acceptors (Lipinski definition) is 2. The summed E-state index contributed by atoms with van der Waals surface area (Å²) < 4.78 is 39.5. The van der Waals surface area contributed by atoms with Crippen molar-refractivity contribution in [3.63, 3.8) is 0 Å². The first-order valence-corrected chi connectivity index (χ1v) is 5.46. The number of aromatic nitrogens is 1. The van der Waals surface area contributed by atoms with Gasteiger partial charge in [-0.2, -0.15) is 0 Å². The van der Waals surface area contributed by atoms with E-state index in [1.807, 2.05) is 6.92 Å². The molecule has 0 aliphatic heterocycles. The van der Waals surface area contributed by atoms with Gasteiger partial charge in [0.15, 0.2) is 11.6 Å². The Balaban J connectivity index is 2.48. The summed E-state index contributed by atoms with van der Waals surface area (Å²) in [5, 5.41) is 3.03. The van der Waals surface area contributed by atoms with Crippen molar-refractivity contribution in [2.24, 2.45) is 0 Å². The zero-order chi connectivity index (χ0) is 13.1. The van der Waals surface area contributed by atoms with Crippen LogP contribution in [0, 0.1) is 17.5 Å². The van der Waals surface area contributed by atoms with Crippen LogP contribution in [-0.2, 0) is 0 Å². The van der Waals surface area contributed by atoms with Gasteiger partial charge in [-0.1, -0.05) is 0 Å². The molecule has 0 saturated carbocycles. The van der Waals surface area contributed by atoms with Gasteiger partial charge < -0.3 is 5.32 Å². The van der Waals surface area contributed by atoms with E-state index >= 15 is 0 Å². The molecule has 18 heavy (non-hydrogen) atoms. The molecule has 1 N–H and O–H groups in total. The standard InChI is InChI=1S/C13H11F3N2/c1-2-17-8-3-4-18-13(5-8)9-6-11(15)12(16)7-10(9)14/h3-7H,2H2,1H3,(H,17,18). The SMILES string of the molecule is CCNc1ccnc(-c2cc(F)c(F)cc2F)c1. The Kier molecular flexibility index (Phi) is 3.50. The van der Waals surface area contributed by atoms with Gasteiger partial charge in [0.25, 0.3) is 0 Å². The molecule has 0 atom stereocenters. The number of anilines is 1. The van der Waals surface area contributed by atoms with E-state index in [1.54, 1.807) is 12.1 Å². The van der Waals surface area contributed by atoms with Crippen LogP contribution in [-0.4, -0.2) is 11.5 Å². The molecule has 0 aliphatic rings. The van der Waals surface area contributed by atoms with E-state index in [4.69, 9.17) is 0 Å². The molecule has 1 aromatic carbocycles. The number of rotatable bonds is 3. The van der Waals surface area contributed by atoms with Crippen LogP contribution >= 0.6 is 0 Å². The Hall–Kier alpha value is -2.04. The molecular weight excluding hydrogens is 241 g/mol. The summed E-state index contributed by atoms with van der Waals surface area (Å²) in [6.07, 6.45) is 1.48. The number of hydrogen-bond donors (Lipinski definition) is 1. The Bertz CT molecular complexity index is 570. The quantitative estimate of drug-likeness (QED) is 0.844. The topological polar surface area (TPSA) is 24.9 Å². The van der Waals surface area contributed by atoms with Crippen LogP contribution in [0.5, 0.6) is 0 Å². The lowest BCUT2D eigenvalue weighted by Gasteiger charge is -2.07. The lowest BCUT2D eigenvalue weighted by atomic mass is 10.1. The highest BCUT2D eigenvalue weighted by molar-refractivity contribution is 5.64. The second-order valence-corrected chi connectivity index (χ2v) is 3.71. The first-order chi connectivity index (χ1) is 8.61. The fourth-order valence-corrected chi connectivity index (χ4v) is 1.61. The van der Waals surface area contributed by atoms with E-state index < -0.39 is 17.5 Å². The van der Waals surface area contributed by atoms with Crippen molar-refractivity contribution in [3.8, 4) is 11.3 Å². The van der Waals surface area contributed by atoms with Crippen molar-refractivity contribution < 1.29 is 13.2 Å². The number of halogens is 3. The van der Waals surface area contributed by atoms with Crippen LogP contribution in [0.25, 0.3) is 11.3 Å². The molecule has 1 aromatic heterocycles. The van der Waals surface area contributed by atoms with Crippen molar-refractivity contribution in [2.75, 3.05) is 11.9 Å². The second-order valence-electron chi connectivity index (χ2n) is 3.71. The van der Waals surface area contributed by atoms with Gasteiger partial charge in [0.2, 0.25) is 0 Å². The lowest BCUT2D eigenvalue weighted by Crippen LogP contribution is -1.98. The van der Waals surface area contributed by atoms with Gasteiger partial charge in [0.1, 0.15) is 5.82 Å². The summed E-state index contributed by atoms with van der Waals surface area (Å²) in [5.74, 6) is -3.14. The maximum atomic E-state index is 13.6. The van der Waals surface area contributed by atoms with E-state index in [0.29, 0.717) is 12.6 Å². The van der Waals surface area contributed by atoms with Gasteiger partial charge >= 0.3 is 0 Å². The highest BCUT2D eigenvalue weighted by Gasteiger charge is 2.12. The molecule has 5 heteroatoms. The maximum absolute atomic E-state index is 13.6. The van der Waals surface area contributed by atoms with Gasteiger partial charge in [-0.25, -0.2) is 13.2 Å². The lowest BCUT2D eigenvalue weighted by molar-refractivity contribution is 0.496. The predicted molar refractivity (Wildman–Crippen MR) is 63.7 cm³/mol. The van der Waals surface area contributed by atoms with Crippen molar-refractivity contribution in [1.82, 2.24) is 4.98 Å². The van der Waals surface area contributed by atoms with Crippen molar-refractivity contribution in [2.45, 2.75) is 6.92 Å². The number of nitrogens with one attached hydrogen (secondary N) is 1. The minimum Gasteiger partial charge on any atom is -0.385 e. The minimum atomic E-state index is -1.21. The van der Waals surface area contributed by atoms with Crippen molar-refractivity contribution >= 4 is 5.69 Å². The second kappa shape index (κ2) is 5.08. The van der Waals surface area contributed by atoms with Crippen LogP contribution in [0.4, 0.5) is 18.9 Å². The summed E-state index contributed by atoms with van der Waals surface area (Å²) in [6, 6.07) is 4.62. The third-order valence-corrected chi connectivity index (χ3v) is 2.43. The van der Waals surface area contributed by atoms with E-state index in [9.17, 15) is 13.2 Å². The third kappa shape index (κ3) is 2.45. The largest absolute Gasteiger partial charge is 0.385 e. The Morgan fingerprint density at radius 1 is 1.06 bits per heavy atom. The van der Waals surface area contributed by atoms with Crippen LogP contribution in [0.1, 0.15) is 6.92 Å². The van der Waals surface area contributed by atoms with Crippen LogP contribution in [0.3, 0.4) is 0 Å². The first-order valence-electron chi connectivity index (χ1n) is 5.46. The Morgan fingerprint density at radius 2 is 1.78 bits per heavy atom. The Morgan fingerprint density at radius 3 is 2.50 bits per heavy atom. The van der Waals surface area contributed by atoms with E-state index in [0.717, 1.165) is 11.8 Å². The molecule has 0 spiro atoms. The summed E-state index contributed by atoms with van der Waals surface area (Å²) in [4.78, 5) is 3.95. The zero-order valence-electron chi connectivity index (χ0n) is 9.67. The molecule has 2 nitrogen and oxygen atoms in total. The molecule has 2 rings (SSSR count). The molecule has 0 unspecified atom stereocenters. The normalized spacial score (nSPS) is 10.4. The molecule has 0 fully saturated rings. The summed E-state index contributed by atoms with van der Waals surface area (Å²) in [5.41, 5.74) is 0.935. The predicted octanol–water partition coefficient (Wildman–Crippen LogP) is 3.60. The molecule has 0 radical (unpaired) electrons. The van der Waals surface area contributed by atoms with Gasteiger partial charge in [-0.05, 0) is 25.1 Å². The summed E-state index contributed by atoms with van der Waals surface area (Å²) in [6.45, 7) is 2.61. The monoisotopic (exact) mass is 252 g/mol. The summed E-state index contributed by atoms with van der Waals surface area (Å²) in [7, 11) is 0. The summed E-state index contributed by atoms with van der Waals surface area (Å²) >= 11 is 0.